The van der Waals surface area contributed by atoms with E-state index < -0.39 is 0 Å². The number of hydrogen-bond donors (Lipinski definition) is 0. The van der Waals surface area contributed by atoms with E-state index >= 15 is 0 Å². The van der Waals surface area contributed by atoms with Gasteiger partial charge in [-0.2, -0.15) is 0 Å². The molecule has 4 nitrogen and oxygen atoms in total. The highest BCUT2D eigenvalue weighted by molar-refractivity contribution is 5.53. The molecule has 0 aliphatic carbocycles. The molecule has 0 spiro atoms. The van der Waals surface area contributed by atoms with Crippen molar-refractivity contribution in [3.8, 4) is 17.2 Å². The molecule has 0 unspecified atom stereocenters. The number of benzene rings is 2. The largest absolute Gasteiger partial charge is 0.494 e. The molecule has 0 saturated heterocycles. The molecule has 160 valence electrons. The molecule has 0 N–H and O–H groups in total. The number of aryl methyl sites for hydroxylation is 2. The summed E-state index contributed by atoms with van der Waals surface area (Å²) in [6.45, 7) is 5.14. The van der Waals surface area contributed by atoms with Crippen LogP contribution in [-0.2, 0) is 12.8 Å². The summed E-state index contributed by atoms with van der Waals surface area (Å²) in [6.07, 6.45) is 9.16. The maximum atomic E-state index is 5.84. The molecule has 2 aromatic carbocycles. The molecule has 0 aliphatic heterocycles. The van der Waals surface area contributed by atoms with Crippen LogP contribution in [0.5, 0.6) is 5.75 Å². The molecule has 30 heavy (non-hydrogen) atoms. The third kappa shape index (κ3) is 7.66. The Balaban J connectivity index is 1.32. The average molecular weight is 407 g/mol. The molecular formula is C26H34N2O2. The zero-order chi connectivity index (χ0) is 21.0. The maximum Gasteiger partial charge on any atom is 0.247 e. The van der Waals surface area contributed by atoms with Crippen LogP contribution < -0.4 is 4.74 Å². The predicted molar refractivity (Wildman–Crippen MR) is 122 cm³/mol. The Bertz CT molecular complexity index is 841. The number of unbranched alkanes of at least 4 members (excludes halogenated alkanes) is 4. The molecule has 1 heterocycles. The zero-order valence-electron chi connectivity index (χ0n) is 18.3. The molecule has 4 heteroatoms. The lowest BCUT2D eigenvalue weighted by Crippen LogP contribution is -2.01. The first-order valence-electron chi connectivity index (χ1n) is 11.3. The van der Waals surface area contributed by atoms with Crippen molar-refractivity contribution in [2.75, 3.05) is 6.61 Å². The SMILES string of the molecule is CC(C)CCOc1ccc(-c2nnc(CCCCCCCc3ccccc3)o2)cc1. The number of nitrogens with zero attached hydrogens (tertiary/aromatic N) is 2. The van der Waals surface area contributed by atoms with Gasteiger partial charge in [0.1, 0.15) is 5.75 Å². The van der Waals surface area contributed by atoms with E-state index in [1.54, 1.807) is 0 Å². The summed E-state index contributed by atoms with van der Waals surface area (Å²) >= 11 is 0. The fourth-order valence-corrected chi connectivity index (χ4v) is 3.36. The second kappa shape index (κ2) is 12.2. The minimum Gasteiger partial charge on any atom is -0.494 e. The van der Waals surface area contributed by atoms with Crippen molar-refractivity contribution in [3.63, 3.8) is 0 Å². The lowest BCUT2D eigenvalue weighted by molar-refractivity contribution is 0.289. The predicted octanol–water partition coefficient (Wildman–Crippen LogP) is 6.90. The van der Waals surface area contributed by atoms with E-state index in [4.69, 9.17) is 9.15 Å². The Labute approximate surface area is 180 Å². The van der Waals surface area contributed by atoms with Crippen molar-refractivity contribution in [2.45, 2.75) is 65.2 Å². The van der Waals surface area contributed by atoms with Gasteiger partial charge in [0, 0.05) is 12.0 Å². The first-order chi connectivity index (χ1) is 14.7. The van der Waals surface area contributed by atoms with Crippen molar-refractivity contribution in [3.05, 3.63) is 66.1 Å². The Hall–Kier alpha value is -2.62. The quantitative estimate of drug-likeness (QED) is 0.290. The summed E-state index contributed by atoms with van der Waals surface area (Å²) < 4.78 is 11.6. The Morgan fingerprint density at radius 3 is 2.23 bits per heavy atom. The Kier molecular flexibility index (Phi) is 8.95. The van der Waals surface area contributed by atoms with Crippen LogP contribution in [0.2, 0.25) is 0 Å². The second-order valence-electron chi connectivity index (χ2n) is 8.31. The van der Waals surface area contributed by atoms with Crippen molar-refractivity contribution >= 4 is 0 Å². The van der Waals surface area contributed by atoms with E-state index in [1.807, 2.05) is 24.3 Å². The summed E-state index contributed by atoms with van der Waals surface area (Å²) in [7, 11) is 0. The molecule has 0 amide bonds. The van der Waals surface area contributed by atoms with Gasteiger partial charge in [0.15, 0.2) is 0 Å². The van der Waals surface area contributed by atoms with Gasteiger partial charge in [-0.3, -0.25) is 0 Å². The number of aromatic nitrogens is 2. The highest BCUT2D eigenvalue weighted by atomic mass is 16.5. The molecule has 0 saturated carbocycles. The summed E-state index contributed by atoms with van der Waals surface area (Å²) in [6, 6.07) is 18.6. The topological polar surface area (TPSA) is 48.2 Å². The monoisotopic (exact) mass is 406 g/mol. The lowest BCUT2D eigenvalue weighted by Gasteiger charge is -2.08. The lowest BCUT2D eigenvalue weighted by atomic mass is 10.1. The highest BCUT2D eigenvalue weighted by Crippen LogP contribution is 2.22. The number of rotatable bonds is 13. The van der Waals surface area contributed by atoms with Gasteiger partial charge in [-0.05, 0) is 61.4 Å². The standard InChI is InChI=1S/C26H34N2O2/c1-21(2)19-20-29-24-17-15-23(16-18-24)26-28-27-25(30-26)14-10-5-3-4-7-11-22-12-8-6-9-13-22/h6,8-9,12-13,15-18,21H,3-5,7,10-11,14,19-20H2,1-2H3. The molecule has 0 aliphatic rings. The van der Waals surface area contributed by atoms with E-state index in [9.17, 15) is 0 Å². The van der Waals surface area contributed by atoms with Crippen LogP contribution >= 0.6 is 0 Å². The van der Waals surface area contributed by atoms with Crippen LogP contribution in [0.1, 0.15) is 63.8 Å². The van der Waals surface area contributed by atoms with Gasteiger partial charge in [0.25, 0.3) is 0 Å². The first kappa shape index (κ1) is 22.1. The summed E-state index contributed by atoms with van der Waals surface area (Å²) in [5.41, 5.74) is 2.37. The van der Waals surface area contributed by atoms with Gasteiger partial charge >= 0.3 is 0 Å². The van der Waals surface area contributed by atoms with Gasteiger partial charge in [-0.25, -0.2) is 0 Å². The van der Waals surface area contributed by atoms with Crippen LogP contribution in [0, 0.1) is 5.92 Å². The van der Waals surface area contributed by atoms with Crippen molar-refractivity contribution in [1.29, 1.82) is 0 Å². The Morgan fingerprint density at radius 2 is 1.50 bits per heavy atom. The van der Waals surface area contributed by atoms with E-state index in [0.717, 1.165) is 43.1 Å². The second-order valence-corrected chi connectivity index (χ2v) is 8.31. The summed E-state index contributed by atoms with van der Waals surface area (Å²) in [4.78, 5) is 0. The number of ether oxygens (including phenoxy) is 1. The molecule has 0 atom stereocenters. The number of hydrogen-bond acceptors (Lipinski definition) is 4. The summed E-state index contributed by atoms with van der Waals surface area (Å²) in [5, 5.41) is 8.42. The van der Waals surface area contributed by atoms with Crippen LogP contribution in [-0.4, -0.2) is 16.8 Å². The average Bonchev–Trinajstić information content (AvgIpc) is 3.23. The van der Waals surface area contributed by atoms with E-state index in [0.29, 0.717) is 11.8 Å². The van der Waals surface area contributed by atoms with Gasteiger partial charge in [-0.15, -0.1) is 10.2 Å². The Morgan fingerprint density at radius 1 is 0.800 bits per heavy atom. The molecule has 0 bridgehead atoms. The van der Waals surface area contributed by atoms with Crippen LogP contribution in [0.15, 0.2) is 59.0 Å². The smallest absolute Gasteiger partial charge is 0.247 e. The van der Waals surface area contributed by atoms with Crippen molar-refractivity contribution < 1.29 is 9.15 Å². The third-order valence-electron chi connectivity index (χ3n) is 5.23. The van der Waals surface area contributed by atoms with E-state index in [-0.39, 0.29) is 0 Å². The van der Waals surface area contributed by atoms with Crippen LogP contribution in [0.4, 0.5) is 0 Å². The maximum absolute atomic E-state index is 5.84. The third-order valence-corrected chi connectivity index (χ3v) is 5.23. The highest BCUT2D eigenvalue weighted by Gasteiger charge is 2.09. The van der Waals surface area contributed by atoms with E-state index in [1.165, 1.54) is 37.7 Å². The molecule has 0 fully saturated rings. The van der Waals surface area contributed by atoms with Gasteiger partial charge < -0.3 is 9.15 Å². The molecule has 3 rings (SSSR count). The fraction of sp³-hybridized carbons (Fsp3) is 0.462. The minimum absolute atomic E-state index is 0.585. The van der Waals surface area contributed by atoms with Crippen molar-refractivity contribution in [2.24, 2.45) is 5.92 Å². The molecule has 1 aromatic heterocycles. The van der Waals surface area contributed by atoms with Gasteiger partial charge in [0.05, 0.1) is 6.61 Å². The van der Waals surface area contributed by atoms with Crippen molar-refractivity contribution in [1.82, 2.24) is 10.2 Å². The van der Waals surface area contributed by atoms with Crippen LogP contribution in [0.25, 0.3) is 11.5 Å². The molecule has 0 radical (unpaired) electrons. The molecular weight excluding hydrogens is 372 g/mol. The zero-order valence-corrected chi connectivity index (χ0v) is 18.3. The summed E-state index contributed by atoms with van der Waals surface area (Å²) in [5.74, 6) is 2.84. The van der Waals surface area contributed by atoms with Gasteiger partial charge in [-0.1, -0.05) is 63.4 Å². The minimum atomic E-state index is 0.585. The first-order valence-corrected chi connectivity index (χ1v) is 11.3. The van der Waals surface area contributed by atoms with E-state index in [2.05, 4.69) is 54.4 Å². The normalized spacial score (nSPS) is 11.2. The molecule has 3 aromatic rings. The van der Waals surface area contributed by atoms with Crippen LogP contribution in [0.3, 0.4) is 0 Å². The fourth-order valence-electron chi connectivity index (χ4n) is 3.36. The van der Waals surface area contributed by atoms with Gasteiger partial charge in [0.2, 0.25) is 11.8 Å².